The van der Waals surface area contributed by atoms with Gasteiger partial charge in [0, 0.05) is 43.4 Å². The van der Waals surface area contributed by atoms with E-state index in [4.69, 9.17) is 0 Å². The van der Waals surface area contributed by atoms with Crippen molar-refractivity contribution in [3.8, 4) is 0 Å². The third kappa shape index (κ3) is 3.61. The fourth-order valence-electron chi connectivity index (χ4n) is 3.53. The molecule has 0 saturated carbocycles. The first-order chi connectivity index (χ1) is 14.6. The number of carbonyl (C=O) groups is 1. The van der Waals surface area contributed by atoms with Gasteiger partial charge in [-0.15, -0.1) is 10.2 Å². The van der Waals surface area contributed by atoms with Gasteiger partial charge in [-0.3, -0.25) is 9.78 Å². The first-order valence-corrected chi connectivity index (χ1v) is 10.6. The molecule has 3 aromatic heterocycles. The van der Waals surface area contributed by atoms with E-state index in [9.17, 15) is 4.79 Å². The summed E-state index contributed by atoms with van der Waals surface area (Å²) in [5.74, 6) is -0.0882. The van der Waals surface area contributed by atoms with Crippen LogP contribution >= 0.6 is 11.8 Å². The first-order valence-electron chi connectivity index (χ1n) is 9.81. The number of pyridine rings is 1. The number of rotatable bonds is 4. The van der Waals surface area contributed by atoms with Gasteiger partial charge in [-0.05, 0) is 55.2 Å². The van der Waals surface area contributed by atoms with E-state index >= 15 is 0 Å². The number of likely N-dealkylation sites (N-methyl/N-ethyl adjacent to an activating group) is 1. The molecule has 1 aliphatic rings. The zero-order valence-electron chi connectivity index (χ0n) is 16.8. The maximum atomic E-state index is 11.7. The third-order valence-electron chi connectivity index (χ3n) is 5.31. The highest BCUT2D eigenvalue weighted by Gasteiger charge is 2.16. The highest BCUT2D eigenvalue weighted by molar-refractivity contribution is 7.99. The number of nitrogens with zero attached hydrogens (tertiary/aromatic N) is 7. The number of anilines is 1. The Bertz CT molecular complexity index is 1250. The molecule has 4 heterocycles. The van der Waals surface area contributed by atoms with Gasteiger partial charge in [-0.2, -0.15) is 9.61 Å². The van der Waals surface area contributed by atoms with Gasteiger partial charge in [0.1, 0.15) is 5.69 Å². The van der Waals surface area contributed by atoms with Crippen LogP contribution in [-0.2, 0) is 0 Å². The molecule has 0 radical (unpaired) electrons. The number of carbonyl (C=O) groups excluding carboxylic acids is 1. The van der Waals surface area contributed by atoms with Gasteiger partial charge >= 0.3 is 0 Å². The molecule has 0 spiro atoms. The van der Waals surface area contributed by atoms with E-state index in [2.05, 4.69) is 49.3 Å². The van der Waals surface area contributed by atoms with E-state index in [-0.39, 0.29) is 5.78 Å². The Balaban J connectivity index is 1.45. The van der Waals surface area contributed by atoms with Crippen LogP contribution in [0.3, 0.4) is 0 Å². The molecule has 1 aliphatic heterocycles. The van der Waals surface area contributed by atoms with E-state index in [1.807, 2.05) is 18.3 Å². The molecule has 1 aromatic carbocycles. The molecule has 0 amide bonds. The second-order valence-corrected chi connectivity index (χ2v) is 8.51. The van der Waals surface area contributed by atoms with Crippen molar-refractivity contribution in [1.29, 1.82) is 0 Å². The molecule has 30 heavy (non-hydrogen) atoms. The highest BCUT2D eigenvalue weighted by atomic mass is 32.2. The molecule has 4 aromatic rings. The lowest BCUT2D eigenvalue weighted by Crippen LogP contribution is -2.44. The van der Waals surface area contributed by atoms with Crippen LogP contribution in [0.1, 0.15) is 17.4 Å². The van der Waals surface area contributed by atoms with Crippen molar-refractivity contribution in [2.45, 2.75) is 17.0 Å². The van der Waals surface area contributed by atoms with Crippen molar-refractivity contribution >= 4 is 39.8 Å². The molecular formula is C21H21N7OS. The summed E-state index contributed by atoms with van der Waals surface area (Å²) < 4.78 is 1.62. The van der Waals surface area contributed by atoms with Crippen LogP contribution in [-0.4, -0.2) is 68.7 Å². The second kappa shape index (κ2) is 7.66. The van der Waals surface area contributed by atoms with Gasteiger partial charge in [0.15, 0.2) is 11.4 Å². The zero-order chi connectivity index (χ0) is 20.7. The van der Waals surface area contributed by atoms with Gasteiger partial charge < -0.3 is 9.80 Å². The highest BCUT2D eigenvalue weighted by Crippen LogP contribution is 2.30. The average Bonchev–Trinajstić information content (AvgIpc) is 3.16. The summed E-state index contributed by atoms with van der Waals surface area (Å²) in [6, 6.07) is 11.8. The normalized spacial score (nSPS) is 15.2. The van der Waals surface area contributed by atoms with Gasteiger partial charge in [0.25, 0.3) is 0 Å². The molecule has 0 bridgehead atoms. The Morgan fingerprint density at radius 2 is 1.87 bits per heavy atom. The minimum absolute atomic E-state index is 0.0882. The van der Waals surface area contributed by atoms with Gasteiger partial charge in [0.05, 0.1) is 17.4 Å². The fourth-order valence-corrected chi connectivity index (χ4v) is 4.36. The zero-order valence-corrected chi connectivity index (χ0v) is 17.6. The number of benzene rings is 1. The molecular weight excluding hydrogens is 398 g/mol. The maximum absolute atomic E-state index is 11.7. The summed E-state index contributed by atoms with van der Waals surface area (Å²) in [6.07, 6.45) is 1.96. The van der Waals surface area contributed by atoms with E-state index < -0.39 is 0 Å². The summed E-state index contributed by atoms with van der Waals surface area (Å²) >= 11 is 1.47. The first kappa shape index (κ1) is 19.0. The lowest BCUT2D eigenvalue weighted by molar-refractivity contribution is 0.101. The summed E-state index contributed by atoms with van der Waals surface area (Å²) in [5.41, 5.74) is 3.12. The number of Topliss-reactive ketones (excluding diaryl/α,β-unsaturated/α-hetero) is 1. The molecule has 1 fully saturated rings. The van der Waals surface area contributed by atoms with Gasteiger partial charge in [-0.1, -0.05) is 0 Å². The molecule has 0 atom stereocenters. The van der Waals surface area contributed by atoms with Gasteiger partial charge in [0.2, 0.25) is 5.16 Å². The smallest absolute Gasteiger partial charge is 0.217 e. The van der Waals surface area contributed by atoms with Crippen LogP contribution in [0.4, 0.5) is 5.69 Å². The van der Waals surface area contributed by atoms with E-state index in [0.29, 0.717) is 16.5 Å². The molecule has 9 heteroatoms. The molecule has 152 valence electrons. The second-order valence-electron chi connectivity index (χ2n) is 7.47. The van der Waals surface area contributed by atoms with Crippen LogP contribution < -0.4 is 4.90 Å². The Kier molecular flexibility index (Phi) is 4.84. The predicted molar refractivity (Wildman–Crippen MR) is 116 cm³/mol. The summed E-state index contributed by atoms with van der Waals surface area (Å²) in [5, 5.41) is 14.5. The summed E-state index contributed by atoms with van der Waals surface area (Å²) in [6.45, 7) is 5.63. The Labute approximate surface area is 177 Å². The van der Waals surface area contributed by atoms with Crippen LogP contribution in [0.5, 0.6) is 0 Å². The van der Waals surface area contributed by atoms with Crippen LogP contribution in [0.2, 0.25) is 0 Å². The largest absolute Gasteiger partial charge is 0.368 e. The lowest BCUT2D eigenvalue weighted by Gasteiger charge is -2.33. The maximum Gasteiger partial charge on any atom is 0.217 e. The molecule has 0 N–H and O–H groups in total. The van der Waals surface area contributed by atoms with Crippen molar-refractivity contribution in [3.63, 3.8) is 0 Å². The Hall–Kier alpha value is -3.04. The molecule has 0 unspecified atom stereocenters. The lowest BCUT2D eigenvalue weighted by atomic mass is 10.2. The number of hydrogen-bond donors (Lipinski definition) is 0. The van der Waals surface area contributed by atoms with Crippen molar-refractivity contribution in [2.75, 3.05) is 38.1 Å². The van der Waals surface area contributed by atoms with Crippen LogP contribution in [0, 0.1) is 0 Å². The van der Waals surface area contributed by atoms with Crippen LogP contribution in [0.25, 0.3) is 16.6 Å². The minimum Gasteiger partial charge on any atom is -0.368 e. The number of ketones is 1. The average molecular weight is 420 g/mol. The van der Waals surface area contributed by atoms with E-state index in [0.717, 1.165) is 47.7 Å². The Morgan fingerprint density at radius 1 is 1.03 bits per heavy atom. The standard InChI is InChI=1S/C21H21N7OS/c1-14(29)18-5-6-20-23-24-21(28(20)25-18)30-17-3-4-19-15(12-17)11-16(13-22-19)27-9-7-26(2)8-10-27/h3-6,11-13H,7-10H2,1-2H3. The monoisotopic (exact) mass is 419 g/mol. The topological polar surface area (TPSA) is 79.5 Å². The number of fused-ring (bicyclic) bond motifs is 2. The third-order valence-corrected chi connectivity index (χ3v) is 6.24. The van der Waals surface area contributed by atoms with Crippen molar-refractivity contribution < 1.29 is 4.79 Å². The molecule has 8 nitrogen and oxygen atoms in total. The van der Waals surface area contributed by atoms with E-state index in [1.165, 1.54) is 18.7 Å². The quantitative estimate of drug-likeness (QED) is 0.467. The SMILES string of the molecule is CC(=O)c1ccc2nnc(Sc3ccc4ncc(N5CCN(C)CC5)cc4c3)n2n1. The van der Waals surface area contributed by atoms with Crippen molar-refractivity contribution in [1.82, 2.24) is 29.7 Å². The summed E-state index contributed by atoms with van der Waals surface area (Å²) in [4.78, 5) is 22.1. The van der Waals surface area contributed by atoms with Crippen LogP contribution in [0.15, 0.2) is 52.6 Å². The molecule has 5 rings (SSSR count). The summed E-state index contributed by atoms with van der Waals surface area (Å²) in [7, 11) is 2.15. The number of hydrogen-bond acceptors (Lipinski definition) is 8. The van der Waals surface area contributed by atoms with Crippen molar-refractivity contribution in [2.24, 2.45) is 0 Å². The van der Waals surface area contributed by atoms with Gasteiger partial charge in [-0.25, -0.2) is 0 Å². The predicted octanol–water partition coefficient (Wildman–Crippen LogP) is 2.78. The fraction of sp³-hybridized carbons (Fsp3) is 0.286. The Morgan fingerprint density at radius 3 is 2.67 bits per heavy atom. The molecule has 1 saturated heterocycles. The van der Waals surface area contributed by atoms with E-state index in [1.54, 1.807) is 16.6 Å². The number of aromatic nitrogens is 5. The van der Waals surface area contributed by atoms with Crippen molar-refractivity contribution in [3.05, 3.63) is 48.3 Å². The molecule has 0 aliphatic carbocycles. The minimum atomic E-state index is -0.0882. The number of piperazine rings is 1.